The molecule has 1 aromatic rings. The Kier molecular flexibility index (Phi) is 2.70. The van der Waals surface area contributed by atoms with Gasteiger partial charge in [0.25, 0.3) is 0 Å². The average Bonchev–Trinajstić information content (AvgIpc) is 2.14. The summed E-state index contributed by atoms with van der Waals surface area (Å²) < 4.78 is 0. The first-order valence-electron chi connectivity index (χ1n) is 5.63. The predicted molar refractivity (Wildman–Crippen MR) is 63.2 cm³/mol. The Balaban J connectivity index is 1.98. The molecule has 1 fully saturated rings. The molecule has 0 radical (unpaired) electrons. The van der Waals surface area contributed by atoms with Crippen molar-refractivity contribution in [3.63, 3.8) is 0 Å². The van der Waals surface area contributed by atoms with E-state index < -0.39 is 5.60 Å². The summed E-state index contributed by atoms with van der Waals surface area (Å²) in [6.45, 7) is 4.87. The number of benzene rings is 1. The predicted octanol–water partition coefficient (Wildman–Crippen LogP) is 2.63. The second-order valence-corrected chi connectivity index (χ2v) is 4.75. The Morgan fingerprint density at radius 3 is 2.60 bits per heavy atom. The van der Waals surface area contributed by atoms with E-state index in [0.29, 0.717) is 6.54 Å². The Bertz CT molecular complexity index is 356. The molecule has 0 unspecified atom stereocenters. The lowest BCUT2D eigenvalue weighted by atomic mass is 9.80. The van der Waals surface area contributed by atoms with Gasteiger partial charge in [-0.15, -0.1) is 0 Å². The number of hydrogen-bond acceptors (Lipinski definition) is 2. The van der Waals surface area contributed by atoms with E-state index >= 15 is 0 Å². The van der Waals surface area contributed by atoms with Crippen molar-refractivity contribution in [2.75, 3.05) is 11.9 Å². The van der Waals surface area contributed by atoms with Gasteiger partial charge in [-0.3, -0.25) is 0 Å². The summed E-state index contributed by atoms with van der Waals surface area (Å²) in [6, 6.07) is 6.35. The zero-order valence-corrected chi connectivity index (χ0v) is 9.51. The van der Waals surface area contributed by atoms with Gasteiger partial charge in [-0.05, 0) is 44.7 Å². The molecule has 2 N–H and O–H groups in total. The highest BCUT2D eigenvalue weighted by molar-refractivity contribution is 5.52. The monoisotopic (exact) mass is 205 g/mol. The van der Waals surface area contributed by atoms with Gasteiger partial charge in [-0.2, -0.15) is 0 Å². The summed E-state index contributed by atoms with van der Waals surface area (Å²) in [5.74, 6) is 0. The fraction of sp³-hybridized carbons (Fsp3) is 0.538. The van der Waals surface area contributed by atoms with Crippen LogP contribution in [0.3, 0.4) is 0 Å². The van der Waals surface area contributed by atoms with Gasteiger partial charge in [0.15, 0.2) is 0 Å². The van der Waals surface area contributed by atoms with E-state index in [1.807, 2.05) is 0 Å². The molecule has 15 heavy (non-hydrogen) atoms. The molecule has 0 amide bonds. The van der Waals surface area contributed by atoms with Crippen LogP contribution >= 0.6 is 0 Å². The molecule has 1 aliphatic rings. The maximum absolute atomic E-state index is 9.95. The minimum Gasteiger partial charge on any atom is -0.388 e. The van der Waals surface area contributed by atoms with E-state index in [9.17, 15) is 5.11 Å². The lowest BCUT2D eigenvalue weighted by molar-refractivity contribution is -0.0202. The van der Waals surface area contributed by atoms with Crippen LogP contribution in [0.15, 0.2) is 18.2 Å². The summed E-state index contributed by atoms with van der Waals surface area (Å²) in [7, 11) is 0. The van der Waals surface area contributed by atoms with E-state index in [1.54, 1.807) is 0 Å². The fourth-order valence-electron chi connectivity index (χ4n) is 2.03. The Morgan fingerprint density at radius 1 is 1.33 bits per heavy atom. The van der Waals surface area contributed by atoms with Crippen molar-refractivity contribution in [2.45, 2.75) is 38.7 Å². The maximum atomic E-state index is 9.95. The van der Waals surface area contributed by atoms with E-state index in [0.717, 1.165) is 24.9 Å². The van der Waals surface area contributed by atoms with Gasteiger partial charge in [0, 0.05) is 12.2 Å². The van der Waals surface area contributed by atoms with Crippen molar-refractivity contribution in [3.8, 4) is 0 Å². The third kappa shape index (κ3) is 2.32. The van der Waals surface area contributed by atoms with E-state index in [2.05, 4.69) is 37.4 Å². The van der Waals surface area contributed by atoms with Crippen LogP contribution in [0.5, 0.6) is 0 Å². The largest absolute Gasteiger partial charge is 0.388 e. The number of hydrogen-bond donors (Lipinski definition) is 2. The molecule has 0 spiro atoms. The Hall–Kier alpha value is -1.02. The maximum Gasteiger partial charge on any atom is 0.0819 e. The van der Waals surface area contributed by atoms with Crippen molar-refractivity contribution >= 4 is 5.69 Å². The summed E-state index contributed by atoms with van der Waals surface area (Å²) in [5, 5.41) is 13.3. The summed E-state index contributed by atoms with van der Waals surface area (Å²) in [5.41, 5.74) is 3.22. The highest BCUT2D eigenvalue weighted by Gasteiger charge is 2.33. The first-order chi connectivity index (χ1) is 7.09. The lowest BCUT2D eigenvalue weighted by Crippen LogP contribution is -2.43. The van der Waals surface area contributed by atoms with Crippen LogP contribution in [0.1, 0.15) is 30.4 Å². The smallest absolute Gasteiger partial charge is 0.0819 e. The fourth-order valence-corrected chi connectivity index (χ4v) is 2.03. The SMILES string of the molecule is Cc1ccc(NCC2(O)CCC2)c(C)c1. The summed E-state index contributed by atoms with van der Waals surface area (Å²) >= 11 is 0. The average molecular weight is 205 g/mol. The van der Waals surface area contributed by atoms with E-state index in [4.69, 9.17) is 0 Å². The van der Waals surface area contributed by atoms with Gasteiger partial charge in [-0.1, -0.05) is 17.7 Å². The molecule has 1 saturated carbocycles. The van der Waals surface area contributed by atoms with E-state index in [1.165, 1.54) is 11.1 Å². The summed E-state index contributed by atoms with van der Waals surface area (Å²) in [6.07, 6.45) is 3.03. The van der Waals surface area contributed by atoms with Crippen LogP contribution < -0.4 is 5.32 Å². The van der Waals surface area contributed by atoms with Crippen LogP contribution in [0.25, 0.3) is 0 Å². The third-order valence-electron chi connectivity index (χ3n) is 3.27. The van der Waals surface area contributed by atoms with Crippen LogP contribution in [-0.4, -0.2) is 17.3 Å². The van der Waals surface area contributed by atoms with Gasteiger partial charge < -0.3 is 10.4 Å². The zero-order valence-electron chi connectivity index (χ0n) is 9.51. The minimum absolute atomic E-state index is 0.447. The van der Waals surface area contributed by atoms with Crippen LogP contribution in [-0.2, 0) is 0 Å². The molecule has 2 nitrogen and oxygen atoms in total. The molecular weight excluding hydrogens is 186 g/mol. The van der Waals surface area contributed by atoms with Crippen molar-refractivity contribution in [2.24, 2.45) is 0 Å². The molecule has 0 aromatic heterocycles. The van der Waals surface area contributed by atoms with Crippen molar-refractivity contribution < 1.29 is 5.11 Å². The number of rotatable bonds is 3. The van der Waals surface area contributed by atoms with Gasteiger partial charge >= 0.3 is 0 Å². The lowest BCUT2D eigenvalue weighted by Gasteiger charge is -2.37. The molecular formula is C13H19NO. The van der Waals surface area contributed by atoms with Gasteiger partial charge in [0.05, 0.1) is 5.60 Å². The van der Waals surface area contributed by atoms with Crippen molar-refractivity contribution in [1.82, 2.24) is 0 Å². The quantitative estimate of drug-likeness (QED) is 0.795. The number of aryl methyl sites for hydroxylation is 2. The topological polar surface area (TPSA) is 32.3 Å². The molecule has 2 heteroatoms. The van der Waals surface area contributed by atoms with Crippen LogP contribution in [0.4, 0.5) is 5.69 Å². The molecule has 0 bridgehead atoms. The Labute approximate surface area is 91.3 Å². The second kappa shape index (κ2) is 3.86. The normalized spacial score (nSPS) is 18.3. The molecule has 0 heterocycles. The third-order valence-corrected chi connectivity index (χ3v) is 3.27. The number of anilines is 1. The molecule has 1 aromatic carbocycles. The number of aliphatic hydroxyl groups is 1. The van der Waals surface area contributed by atoms with Crippen LogP contribution in [0, 0.1) is 13.8 Å². The molecule has 0 saturated heterocycles. The van der Waals surface area contributed by atoms with Crippen molar-refractivity contribution in [3.05, 3.63) is 29.3 Å². The molecule has 1 aliphatic carbocycles. The zero-order chi connectivity index (χ0) is 10.9. The van der Waals surface area contributed by atoms with Crippen LogP contribution in [0.2, 0.25) is 0 Å². The number of nitrogens with one attached hydrogen (secondary N) is 1. The standard InChI is InChI=1S/C13H19NO/c1-10-4-5-12(11(2)8-10)14-9-13(15)6-3-7-13/h4-5,8,14-15H,3,6-7,9H2,1-2H3. The molecule has 2 rings (SSSR count). The first kappa shape index (κ1) is 10.5. The second-order valence-electron chi connectivity index (χ2n) is 4.75. The highest BCUT2D eigenvalue weighted by Crippen LogP contribution is 2.31. The Morgan fingerprint density at radius 2 is 2.07 bits per heavy atom. The first-order valence-corrected chi connectivity index (χ1v) is 5.63. The molecule has 82 valence electrons. The molecule has 0 aliphatic heterocycles. The van der Waals surface area contributed by atoms with E-state index in [-0.39, 0.29) is 0 Å². The molecule has 0 atom stereocenters. The van der Waals surface area contributed by atoms with Crippen molar-refractivity contribution in [1.29, 1.82) is 0 Å². The van der Waals surface area contributed by atoms with Gasteiger partial charge in [0.2, 0.25) is 0 Å². The highest BCUT2D eigenvalue weighted by atomic mass is 16.3. The summed E-state index contributed by atoms with van der Waals surface area (Å²) in [4.78, 5) is 0. The van der Waals surface area contributed by atoms with Gasteiger partial charge in [-0.25, -0.2) is 0 Å². The van der Waals surface area contributed by atoms with Gasteiger partial charge in [0.1, 0.15) is 0 Å². The minimum atomic E-state index is -0.447.